The minimum absolute atomic E-state index is 0.245. The molecule has 1 aliphatic rings. The molecule has 0 aliphatic carbocycles. The Bertz CT molecular complexity index is 851. The molecular formula is C17H18N4O5S. The van der Waals surface area contributed by atoms with E-state index in [1.54, 1.807) is 19.1 Å². The summed E-state index contributed by atoms with van der Waals surface area (Å²) in [5.74, 6) is -0.287. The van der Waals surface area contributed by atoms with Gasteiger partial charge in [-0.15, -0.1) is 10.2 Å². The SMILES string of the molecule is COC(=O)c1ccc(CSc2nnc(CC3C(=O)NC(=O)NC3C)o2)cc1. The number of benzene rings is 1. The van der Waals surface area contributed by atoms with Crippen molar-refractivity contribution in [3.05, 3.63) is 41.3 Å². The predicted octanol–water partition coefficient (Wildman–Crippen LogP) is 1.54. The Balaban J connectivity index is 1.56. The lowest BCUT2D eigenvalue weighted by atomic mass is 9.95. The number of ether oxygens (including phenoxy) is 1. The zero-order chi connectivity index (χ0) is 19.4. The molecule has 2 unspecified atom stereocenters. The summed E-state index contributed by atoms with van der Waals surface area (Å²) in [4.78, 5) is 34.6. The molecule has 2 atom stereocenters. The zero-order valence-electron chi connectivity index (χ0n) is 14.7. The van der Waals surface area contributed by atoms with E-state index in [2.05, 4.69) is 25.6 Å². The molecule has 2 aromatic rings. The van der Waals surface area contributed by atoms with Crippen LogP contribution in [0, 0.1) is 5.92 Å². The first-order valence-corrected chi connectivity index (χ1v) is 9.18. The molecule has 1 saturated heterocycles. The van der Waals surface area contributed by atoms with Gasteiger partial charge in [-0.3, -0.25) is 10.1 Å². The Morgan fingerprint density at radius 3 is 2.67 bits per heavy atom. The standard InChI is InChI=1S/C17H18N4O5S/c1-9-12(14(22)19-16(24)18-9)7-13-20-21-17(26-13)27-8-10-3-5-11(6-4-10)15(23)25-2/h3-6,9,12H,7-8H2,1-2H3,(H2,18,19,22,24). The average Bonchev–Trinajstić information content (AvgIpc) is 3.10. The molecule has 1 fully saturated rings. The summed E-state index contributed by atoms with van der Waals surface area (Å²) >= 11 is 1.35. The van der Waals surface area contributed by atoms with Crippen molar-refractivity contribution in [1.82, 2.24) is 20.8 Å². The van der Waals surface area contributed by atoms with Crippen molar-refractivity contribution in [2.75, 3.05) is 7.11 Å². The molecule has 1 aromatic carbocycles. The highest BCUT2D eigenvalue weighted by molar-refractivity contribution is 7.98. The number of urea groups is 1. The van der Waals surface area contributed by atoms with Gasteiger partial charge in [0.1, 0.15) is 0 Å². The van der Waals surface area contributed by atoms with Gasteiger partial charge in [-0.05, 0) is 24.6 Å². The molecule has 0 saturated carbocycles. The van der Waals surface area contributed by atoms with Crippen LogP contribution in [0.25, 0.3) is 0 Å². The molecule has 142 valence electrons. The van der Waals surface area contributed by atoms with Gasteiger partial charge >= 0.3 is 12.0 Å². The number of rotatable bonds is 6. The topological polar surface area (TPSA) is 123 Å². The van der Waals surface area contributed by atoms with Gasteiger partial charge in [-0.25, -0.2) is 9.59 Å². The molecule has 10 heteroatoms. The van der Waals surface area contributed by atoms with Crippen LogP contribution in [-0.4, -0.2) is 41.3 Å². The number of amides is 3. The summed E-state index contributed by atoms with van der Waals surface area (Å²) in [5, 5.41) is 13.2. The summed E-state index contributed by atoms with van der Waals surface area (Å²) in [6.45, 7) is 1.76. The lowest BCUT2D eigenvalue weighted by molar-refractivity contribution is -0.125. The molecule has 9 nitrogen and oxygen atoms in total. The first-order valence-electron chi connectivity index (χ1n) is 8.20. The fraction of sp³-hybridized carbons (Fsp3) is 0.353. The number of aromatic nitrogens is 2. The van der Waals surface area contributed by atoms with Crippen molar-refractivity contribution < 1.29 is 23.5 Å². The lowest BCUT2D eigenvalue weighted by Crippen LogP contribution is -2.57. The van der Waals surface area contributed by atoms with Gasteiger partial charge in [0.05, 0.1) is 18.6 Å². The molecule has 2 N–H and O–H groups in total. The Labute approximate surface area is 159 Å². The zero-order valence-corrected chi connectivity index (χ0v) is 15.5. The van der Waals surface area contributed by atoms with E-state index in [0.29, 0.717) is 22.4 Å². The van der Waals surface area contributed by atoms with Crippen LogP contribution >= 0.6 is 11.8 Å². The first kappa shape index (κ1) is 18.9. The quantitative estimate of drug-likeness (QED) is 0.562. The second-order valence-corrected chi connectivity index (χ2v) is 6.93. The lowest BCUT2D eigenvalue weighted by Gasteiger charge is -2.27. The summed E-state index contributed by atoms with van der Waals surface area (Å²) in [5.41, 5.74) is 1.47. The number of carbonyl (C=O) groups is 3. The molecule has 1 aliphatic heterocycles. The molecule has 1 aromatic heterocycles. The third kappa shape index (κ3) is 4.64. The molecule has 3 amide bonds. The van der Waals surface area contributed by atoms with E-state index in [9.17, 15) is 14.4 Å². The third-order valence-electron chi connectivity index (χ3n) is 4.12. The van der Waals surface area contributed by atoms with Gasteiger partial charge in [0.2, 0.25) is 11.8 Å². The van der Waals surface area contributed by atoms with Crippen molar-refractivity contribution in [2.24, 2.45) is 5.92 Å². The maximum absolute atomic E-state index is 11.9. The van der Waals surface area contributed by atoms with Crippen molar-refractivity contribution in [3.8, 4) is 0 Å². The van der Waals surface area contributed by atoms with Gasteiger partial charge in [0.15, 0.2) is 0 Å². The second kappa shape index (κ2) is 8.21. The molecule has 0 radical (unpaired) electrons. The van der Waals surface area contributed by atoms with Gasteiger partial charge in [-0.2, -0.15) is 0 Å². The minimum atomic E-state index is -0.497. The van der Waals surface area contributed by atoms with Gasteiger partial charge in [0.25, 0.3) is 5.22 Å². The highest BCUT2D eigenvalue weighted by Crippen LogP contribution is 2.23. The van der Waals surface area contributed by atoms with Crippen LogP contribution in [0.3, 0.4) is 0 Å². The number of methoxy groups -OCH3 is 1. The summed E-state index contributed by atoms with van der Waals surface area (Å²) in [6.07, 6.45) is 0.245. The van der Waals surface area contributed by atoms with E-state index < -0.39 is 11.9 Å². The second-order valence-electron chi connectivity index (χ2n) is 6.00. The van der Waals surface area contributed by atoms with Crippen molar-refractivity contribution >= 4 is 29.7 Å². The van der Waals surface area contributed by atoms with Gasteiger partial charge in [0, 0.05) is 18.2 Å². The average molecular weight is 390 g/mol. The smallest absolute Gasteiger partial charge is 0.337 e. The van der Waals surface area contributed by atoms with Crippen molar-refractivity contribution in [3.63, 3.8) is 0 Å². The van der Waals surface area contributed by atoms with Gasteiger partial charge in [-0.1, -0.05) is 23.9 Å². The van der Waals surface area contributed by atoms with Crippen LogP contribution in [-0.2, 0) is 21.7 Å². The van der Waals surface area contributed by atoms with Crippen LogP contribution in [0.1, 0.15) is 28.7 Å². The fourth-order valence-electron chi connectivity index (χ4n) is 2.61. The fourth-order valence-corrected chi connectivity index (χ4v) is 3.35. The van der Waals surface area contributed by atoms with E-state index in [1.165, 1.54) is 18.9 Å². The van der Waals surface area contributed by atoms with Crippen LogP contribution in [0.5, 0.6) is 0 Å². The number of imide groups is 1. The highest BCUT2D eigenvalue weighted by Gasteiger charge is 2.34. The number of esters is 1. The number of nitrogens with zero attached hydrogens (tertiary/aromatic N) is 2. The summed E-state index contributed by atoms with van der Waals surface area (Å²) in [6, 6.07) is 6.23. The first-order chi connectivity index (χ1) is 13.0. The molecule has 3 rings (SSSR count). The Morgan fingerprint density at radius 2 is 2.00 bits per heavy atom. The van der Waals surface area contributed by atoms with E-state index in [0.717, 1.165) is 5.56 Å². The van der Waals surface area contributed by atoms with E-state index in [-0.39, 0.29) is 24.3 Å². The highest BCUT2D eigenvalue weighted by atomic mass is 32.2. The Hall–Kier alpha value is -2.88. The van der Waals surface area contributed by atoms with Crippen LogP contribution in [0.15, 0.2) is 33.9 Å². The monoisotopic (exact) mass is 390 g/mol. The normalized spacial score (nSPS) is 19.3. The van der Waals surface area contributed by atoms with Crippen LogP contribution in [0.4, 0.5) is 4.79 Å². The van der Waals surface area contributed by atoms with Crippen LogP contribution in [0.2, 0.25) is 0 Å². The third-order valence-corrected chi connectivity index (χ3v) is 5.01. The summed E-state index contributed by atoms with van der Waals surface area (Å²) in [7, 11) is 1.34. The van der Waals surface area contributed by atoms with Crippen LogP contribution < -0.4 is 10.6 Å². The van der Waals surface area contributed by atoms with E-state index in [4.69, 9.17) is 4.42 Å². The molecule has 0 bridgehead atoms. The molecule has 0 spiro atoms. The molecule has 27 heavy (non-hydrogen) atoms. The number of thioether (sulfide) groups is 1. The number of carbonyl (C=O) groups excluding carboxylic acids is 3. The Morgan fingerprint density at radius 1 is 1.26 bits per heavy atom. The largest absolute Gasteiger partial charge is 0.465 e. The summed E-state index contributed by atoms with van der Waals surface area (Å²) < 4.78 is 10.2. The molecule has 2 heterocycles. The minimum Gasteiger partial charge on any atom is -0.465 e. The van der Waals surface area contributed by atoms with Gasteiger partial charge < -0.3 is 14.5 Å². The maximum atomic E-state index is 11.9. The van der Waals surface area contributed by atoms with E-state index >= 15 is 0 Å². The number of hydrogen-bond donors (Lipinski definition) is 2. The van der Waals surface area contributed by atoms with Crippen molar-refractivity contribution in [2.45, 2.75) is 30.4 Å². The van der Waals surface area contributed by atoms with Crippen molar-refractivity contribution in [1.29, 1.82) is 0 Å². The predicted molar refractivity (Wildman–Crippen MR) is 95.0 cm³/mol. The maximum Gasteiger partial charge on any atom is 0.337 e. The number of hydrogen-bond acceptors (Lipinski definition) is 8. The Kier molecular flexibility index (Phi) is 5.75. The number of nitrogens with one attached hydrogen (secondary N) is 2. The van der Waals surface area contributed by atoms with E-state index in [1.807, 2.05) is 12.1 Å². The molecular weight excluding hydrogens is 372 g/mol.